The first-order chi connectivity index (χ1) is 13.6. The topological polar surface area (TPSA) is 57.8 Å². The van der Waals surface area contributed by atoms with Crippen molar-refractivity contribution in [1.29, 1.82) is 0 Å². The van der Waals surface area contributed by atoms with E-state index in [0.717, 1.165) is 51.5 Å². The number of halogens is 1. The first-order valence-corrected chi connectivity index (χ1v) is 10.9. The van der Waals surface area contributed by atoms with Gasteiger partial charge < -0.3 is 9.71 Å². The van der Waals surface area contributed by atoms with Crippen LogP contribution in [0.5, 0.6) is 0 Å². The Morgan fingerprint density at radius 1 is 1.04 bits per heavy atom. The van der Waals surface area contributed by atoms with Gasteiger partial charge in [-0.25, -0.2) is 9.19 Å². The van der Waals surface area contributed by atoms with Gasteiger partial charge in [0.15, 0.2) is 0 Å². The van der Waals surface area contributed by atoms with Crippen LogP contribution >= 0.6 is 11.6 Å². The Kier molecular flexibility index (Phi) is 5.46. The Morgan fingerprint density at radius 3 is 2.61 bits per heavy atom. The highest BCUT2D eigenvalue weighted by Crippen LogP contribution is 2.30. The molecule has 1 atom stereocenters. The number of aromatic nitrogens is 2. The molecule has 0 amide bonds. The molecule has 0 radical (unpaired) electrons. The zero-order valence-corrected chi connectivity index (χ0v) is 17.0. The standard InChI is InChI=1S/C22H20ClN3OS/c1-28(27)26-19-5-3-2-4-18(19)16-9-12-20-21(14-16)25-22(24-20)13-8-15-6-10-17(23)11-7-15/h2-7,9-12,14,26H,8,13H2,1H3,(H,24,25). The number of imidazole rings is 1. The van der Waals surface area contributed by atoms with Crippen molar-refractivity contribution in [1.82, 2.24) is 9.97 Å². The number of aromatic amines is 1. The van der Waals surface area contributed by atoms with Crippen LogP contribution in [0.15, 0.2) is 66.7 Å². The lowest BCUT2D eigenvalue weighted by atomic mass is 10.0. The summed E-state index contributed by atoms with van der Waals surface area (Å²) in [7, 11) is -1.12. The number of H-pyrrole nitrogens is 1. The minimum Gasteiger partial charge on any atom is -0.342 e. The SMILES string of the molecule is CS(=O)Nc1ccccc1-c1ccc2nc(CCc3ccc(Cl)cc3)[nH]c2c1. The van der Waals surface area contributed by atoms with Crippen LogP contribution in [0.1, 0.15) is 11.4 Å². The third kappa shape index (κ3) is 4.26. The van der Waals surface area contributed by atoms with E-state index in [1.807, 2.05) is 60.7 Å². The molecule has 0 saturated heterocycles. The molecule has 0 spiro atoms. The average Bonchev–Trinajstić information content (AvgIpc) is 3.09. The molecule has 1 unspecified atom stereocenters. The molecule has 1 heterocycles. The highest BCUT2D eigenvalue weighted by Gasteiger charge is 2.09. The van der Waals surface area contributed by atoms with E-state index in [1.165, 1.54) is 5.56 Å². The molecular weight excluding hydrogens is 390 g/mol. The fraction of sp³-hybridized carbons (Fsp3) is 0.136. The maximum atomic E-state index is 11.6. The molecule has 1 aromatic heterocycles. The first-order valence-electron chi connectivity index (χ1n) is 9.01. The highest BCUT2D eigenvalue weighted by molar-refractivity contribution is 7.85. The van der Waals surface area contributed by atoms with E-state index in [0.29, 0.717) is 0 Å². The van der Waals surface area contributed by atoms with E-state index >= 15 is 0 Å². The Balaban J connectivity index is 1.58. The van der Waals surface area contributed by atoms with Crippen LogP contribution in [0.4, 0.5) is 5.69 Å². The summed E-state index contributed by atoms with van der Waals surface area (Å²) < 4.78 is 14.6. The van der Waals surface area contributed by atoms with Crippen LogP contribution in [0.25, 0.3) is 22.2 Å². The number of para-hydroxylation sites is 1. The van der Waals surface area contributed by atoms with Crippen LogP contribution in [0, 0.1) is 0 Å². The summed E-state index contributed by atoms with van der Waals surface area (Å²) in [6.07, 6.45) is 3.36. The van der Waals surface area contributed by atoms with Gasteiger partial charge in [0.1, 0.15) is 16.8 Å². The molecule has 28 heavy (non-hydrogen) atoms. The number of nitrogens with zero attached hydrogens (tertiary/aromatic N) is 1. The average molecular weight is 410 g/mol. The molecule has 0 saturated carbocycles. The fourth-order valence-electron chi connectivity index (χ4n) is 3.24. The first kappa shape index (κ1) is 18.7. The lowest BCUT2D eigenvalue weighted by Crippen LogP contribution is -2.02. The third-order valence-corrected chi connectivity index (χ3v) is 5.35. The molecule has 4 rings (SSSR count). The molecule has 0 aliphatic carbocycles. The van der Waals surface area contributed by atoms with E-state index < -0.39 is 11.0 Å². The van der Waals surface area contributed by atoms with Crippen molar-refractivity contribution in [2.24, 2.45) is 0 Å². The summed E-state index contributed by atoms with van der Waals surface area (Å²) in [6.45, 7) is 0. The van der Waals surface area contributed by atoms with Crippen molar-refractivity contribution in [2.45, 2.75) is 12.8 Å². The van der Waals surface area contributed by atoms with Gasteiger partial charge in [0.2, 0.25) is 0 Å². The zero-order chi connectivity index (χ0) is 19.5. The summed E-state index contributed by atoms with van der Waals surface area (Å²) in [4.78, 5) is 8.14. The van der Waals surface area contributed by atoms with Crippen LogP contribution in [0.3, 0.4) is 0 Å². The Hall–Kier alpha value is -2.63. The van der Waals surface area contributed by atoms with Crippen molar-refractivity contribution >= 4 is 39.3 Å². The normalized spacial score (nSPS) is 12.2. The smallest absolute Gasteiger partial charge is 0.113 e. The quantitative estimate of drug-likeness (QED) is 0.449. The third-order valence-electron chi connectivity index (χ3n) is 4.59. The second kappa shape index (κ2) is 8.17. The summed E-state index contributed by atoms with van der Waals surface area (Å²) in [6, 6.07) is 21.9. The van der Waals surface area contributed by atoms with Gasteiger partial charge >= 0.3 is 0 Å². The zero-order valence-electron chi connectivity index (χ0n) is 15.4. The molecule has 4 aromatic rings. The number of hydrogen-bond acceptors (Lipinski definition) is 2. The summed E-state index contributed by atoms with van der Waals surface area (Å²) in [5, 5.41) is 0.752. The van der Waals surface area contributed by atoms with Crippen LogP contribution in [-0.2, 0) is 23.8 Å². The molecule has 4 nitrogen and oxygen atoms in total. The van der Waals surface area contributed by atoms with Crippen molar-refractivity contribution in [3.63, 3.8) is 0 Å². The van der Waals surface area contributed by atoms with Crippen LogP contribution in [0.2, 0.25) is 5.02 Å². The Labute approximate surface area is 171 Å². The molecule has 0 bridgehead atoms. The molecule has 6 heteroatoms. The lowest BCUT2D eigenvalue weighted by Gasteiger charge is -2.10. The minimum absolute atomic E-state index is 0.752. The summed E-state index contributed by atoms with van der Waals surface area (Å²) >= 11 is 5.95. The molecular formula is C22H20ClN3OS. The van der Waals surface area contributed by atoms with Gasteiger partial charge in [-0.15, -0.1) is 0 Å². The van der Waals surface area contributed by atoms with Gasteiger partial charge in [-0.2, -0.15) is 0 Å². The maximum absolute atomic E-state index is 11.6. The predicted molar refractivity (Wildman–Crippen MR) is 118 cm³/mol. The van der Waals surface area contributed by atoms with Crippen molar-refractivity contribution < 1.29 is 4.21 Å². The largest absolute Gasteiger partial charge is 0.342 e. The maximum Gasteiger partial charge on any atom is 0.113 e. The monoisotopic (exact) mass is 409 g/mol. The summed E-state index contributed by atoms with van der Waals surface area (Å²) in [5.74, 6) is 0.961. The van der Waals surface area contributed by atoms with Crippen molar-refractivity contribution in [3.05, 3.63) is 83.1 Å². The van der Waals surface area contributed by atoms with Gasteiger partial charge in [0, 0.05) is 23.3 Å². The summed E-state index contributed by atoms with van der Waals surface area (Å²) in [5.41, 5.74) is 6.09. The van der Waals surface area contributed by atoms with Gasteiger partial charge in [0.05, 0.1) is 16.7 Å². The predicted octanol–water partition coefficient (Wildman–Crippen LogP) is 5.37. The van der Waals surface area contributed by atoms with E-state index in [9.17, 15) is 4.21 Å². The lowest BCUT2D eigenvalue weighted by molar-refractivity contribution is 0.690. The van der Waals surface area contributed by atoms with Gasteiger partial charge in [-0.3, -0.25) is 0 Å². The van der Waals surface area contributed by atoms with E-state index in [4.69, 9.17) is 16.6 Å². The second-order valence-corrected chi connectivity index (χ2v) is 8.19. The van der Waals surface area contributed by atoms with Crippen LogP contribution in [-0.4, -0.2) is 20.4 Å². The number of rotatable bonds is 6. The van der Waals surface area contributed by atoms with Gasteiger partial charge in [-0.1, -0.05) is 48.0 Å². The number of nitrogens with one attached hydrogen (secondary N) is 2. The minimum atomic E-state index is -1.12. The highest BCUT2D eigenvalue weighted by atomic mass is 35.5. The van der Waals surface area contributed by atoms with E-state index in [1.54, 1.807) is 6.26 Å². The fourth-order valence-corrected chi connectivity index (χ4v) is 3.85. The molecule has 0 fully saturated rings. The van der Waals surface area contributed by atoms with E-state index in [2.05, 4.69) is 15.8 Å². The molecule has 142 valence electrons. The number of hydrogen-bond donors (Lipinski definition) is 2. The number of anilines is 1. The van der Waals surface area contributed by atoms with Gasteiger partial charge in [-0.05, 0) is 47.9 Å². The Morgan fingerprint density at radius 2 is 1.82 bits per heavy atom. The van der Waals surface area contributed by atoms with Crippen LogP contribution < -0.4 is 4.72 Å². The van der Waals surface area contributed by atoms with Crippen molar-refractivity contribution in [2.75, 3.05) is 11.0 Å². The molecule has 3 aromatic carbocycles. The number of benzene rings is 3. The van der Waals surface area contributed by atoms with Crippen molar-refractivity contribution in [3.8, 4) is 11.1 Å². The molecule has 0 aliphatic rings. The molecule has 2 N–H and O–H groups in total. The number of aryl methyl sites for hydroxylation is 2. The molecule has 0 aliphatic heterocycles. The number of fused-ring (bicyclic) bond motifs is 1. The Bertz CT molecular complexity index is 1140. The van der Waals surface area contributed by atoms with E-state index in [-0.39, 0.29) is 0 Å². The second-order valence-electron chi connectivity index (χ2n) is 6.64. The van der Waals surface area contributed by atoms with Gasteiger partial charge in [0.25, 0.3) is 0 Å².